The van der Waals surface area contributed by atoms with E-state index in [0.29, 0.717) is 0 Å². The molecule has 2 N–H and O–H groups in total. The van der Waals surface area contributed by atoms with Gasteiger partial charge in [0.15, 0.2) is 11.2 Å². The molecule has 0 radical (unpaired) electrons. The van der Waals surface area contributed by atoms with Crippen molar-refractivity contribution in [3.8, 4) is 5.75 Å². The summed E-state index contributed by atoms with van der Waals surface area (Å²) in [6, 6.07) is 7.34. The van der Waals surface area contributed by atoms with Crippen LogP contribution in [0, 0.1) is 0 Å². The van der Waals surface area contributed by atoms with Crippen LogP contribution in [0.25, 0.3) is 11.2 Å². The van der Waals surface area contributed by atoms with Crippen molar-refractivity contribution in [1.29, 1.82) is 0 Å². The third-order valence-corrected chi connectivity index (χ3v) is 3.59. The number of aryl methyl sites for hydroxylation is 1. The highest BCUT2D eigenvalue weighted by atomic mass is 16.5. The number of ether oxygens (including phenoxy) is 1. The largest absolute Gasteiger partial charge is 0.497 e. The summed E-state index contributed by atoms with van der Waals surface area (Å²) in [5.74, 6) is 1.03. The molecule has 9 heteroatoms. The molecule has 0 amide bonds. The van der Waals surface area contributed by atoms with Crippen LogP contribution in [-0.4, -0.2) is 32.4 Å². The summed E-state index contributed by atoms with van der Waals surface area (Å²) in [6.45, 7) is 0. The number of imidazole rings is 1. The molecule has 0 spiro atoms. The number of fused-ring (bicyclic) bond motifs is 1. The summed E-state index contributed by atoms with van der Waals surface area (Å²) >= 11 is 0. The molecule has 2 aromatic heterocycles. The minimum absolute atomic E-state index is 0.238. The van der Waals surface area contributed by atoms with Crippen LogP contribution in [-0.2, 0) is 14.1 Å². The topological polar surface area (TPSA) is 106 Å². The molecule has 0 fully saturated rings. The summed E-state index contributed by atoms with van der Waals surface area (Å²) < 4.78 is 7.40. The number of hydrogen-bond donors (Lipinski definition) is 2. The second-order valence-corrected chi connectivity index (χ2v) is 5.13. The van der Waals surface area contributed by atoms with Crippen molar-refractivity contribution in [3.63, 3.8) is 0 Å². The number of nitrogens with zero attached hydrogens (tertiary/aromatic N) is 4. The van der Waals surface area contributed by atoms with Gasteiger partial charge in [-0.15, -0.1) is 0 Å². The van der Waals surface area contributed by atoms with Crippen molar-refractivity contribution in [2.45, 2.75) is 0 Å². The predicted octanol–water partition coefficient (Wildman–Crippen LogP) is 0.415. The Bertz CT molecular complexity index is 1030. The summed E-state index contributed by atoms with van der Waals surface area (Å²) in [7, 11) is 4.57. The number of aromatic nitrogens is 4. The maximum absolute atomic E-state index is 12.1. The van der Waals surface area contributed by atoms with Crippen molar-refractivity contribution in [1.82, 2.24) is 19.1 Å². The average Bonchev–Trinajstić information content (AvgIpc) is 3.03. The van der Waals surface area contributed by atoms with Gasteiger partial charge in [-0.25, -0.2) is 10.2 Å². The molecule has 3 rings (SSSR count). The van der Waals surface area contributed by atoms with Gasteiger partial charge in [-0.3, -0.25) is 13.9 Å². The molecule has 2 heterocycles. The van der Waals surface area contributed by atoms with E-state index >= 15 is 0 Å². The second kappa shape index (κ2) is 6.03. The first-order chi connectivity index (χ1) is 11.5. The van der Waals surface area contributed by atoms with Crippen molar-refractivity contribution in [2.24, 2.45) is 19.2 Å². The molecule has 0 unspecified atom stereocenters. The molecule has 9 nitrogen and oxygen atoms in total. The maximum atomic E-state index is 12.1. The van der Waals surface area contributed by atoms with Crippen LogP contribution in [0.15, 0.2) is 39.0 Å². The number of benzene rings is 1. The van der Waals surface area contributed by atoms with Gasteiger partial charge < -0.3 is 9.72 Å². The zero-order chi connectivity index (χ0) is 17.3. The molecule has 1 aromatic carbocycles. The third-order valence-electron chi connectivity index (χ3n) is 3.59. The van der Waals surface area contributed by atoms with E-state index in [1.807, 2.05) is 24.3 Å². The van der Waals surface area contributed by atoms with E-state index in [0.717, 1.165) is 15.9 Å². The van der Waals surface area contributed by atoms with Crippen LogP contribution in [0.1, 0.15) is 5.56 Å². The smallest absolute Gasteiger partial charge is 0.332 e. The van der Waals surface area contributed by atoms with Crippen LogP contribution in [0.3, 0.4) is 0 Å². The molecule has 3 aromatic rings. The predicted molar refractivity (Wildman–Crippen MR) is 90.8 cm³/mol. The van der Waals surface area contributed by atoms with Crippen molar-refractivity contribution >= 4 is 23.3 Å². The van der Waals surface area contributed by atoms with E-state index in [1.54, 1.807) is 20.4 Å². The van der Waals surface area contributed by atoms with Gasteiger partial charge in [0.2, 0.25) is 5.95 Å². The Kier molecular flexibility index (Phi) is 3.90. The molecule has 0 saturated carbocycles. The standard InChI is InChI=1S/C15H16N6O3/c1-20-12-11(13(22)21(2)15(20)23)17-14(18-12)19-16-8-9-4-6-10(24-3)7-5-9/h4-8H,1-3H3,(H2,17,18,19)/b16-8-. The number of aromatic amines is 1. The molecule has 0 aliphatic heterocycles. The van der Waals surface area contributed by atoms with Gasteiger partial charge in [0, 0.05) is 14.1 Å². The number of hydrazone groups is 1. The monoisotopic (exact) mass is 328 g/mol. The van der Waals surface area contributed by atoms with Gasteiger partial charge in [-0.05, 0) is 29.8 Å². The van der Waals surface area contributed by atoms with Crippen LogP contribution in [0.5, 0.6) is 5.75 Å². The Labute approximate surface area is 136 Å². The second-order valence-electron chi connectivity index (χ2n) is 5.13. The van der Waals surface area contributed by atoms with E-state index in [9.17, 15) is 9.59 Å². The first-order valence-electron chi connectivity index (χ1n) is 7.10. The van der Waals surface area contributed by atoms with E-state index in [4.69, 9.17) is 4.74 Å². The summed E-state index contributed by atoms with van der Waals surface area (Å²) in [4.78, 5) is 31.0. The Balaban J connectivity index is 1.87. The van der Waals surface area contributed by atoms with Crippen LogP contribution in [0.2, 0.25) is 0 Å². The quantitative estimate of drug-likeness (QED) is 0.533. The summed E-state index contributed by atoms with van der Waals surface area (Å²) in [5, 5.41) is 4.06. The molecule has 124 valence electrons. The molecule has 24 heavy (non-hydrogen) atoms. The number of methoxy groups -OCH3 is 1. The zero-order valence-corrected chi connectivity index (χ0v) is 13.4. The van der Waals surface area contributed by atoms with Crippen LogP contribution in [0.4, 0.5) is 5.95 Å². The fourth-order valence-electron chi connectivity index (χ4n) is 2.24. The minimum atomic E-state index is -0.438. The SMILES string of the molecule is COc1ccc(/C=N\Nc2nc3c([nH]2)c(=O)n(C)c(=O)n3C)cc1. The Hall–Kier alpha value is -3.36. The molecular formula is C15H16N6O3. The maximum Gasteiger partial charge on any atom is 0.332 e. The first-order valence-corrected chi connectivity index (χ1v) is 7.10. The molecule has 0 saturated heterocycles. The Morgan fingerprint density at radius 3 is 2.58 bits per heavy atom. The lowest BCUT2D eigenvalue weighted by atomic mass is 10.2. The number of hydrogen-bond acceptors (Lipinski definition) is 6. The van der Waals surface area contributed by atoms with Crippen LogP contribution < -0.4 is 21.4 Å². The fraction of sp³-hybridized carbons (Fsp3) is 0.200. The van der Waals surface area contributed by atoms with Gasteiger partial charge in [0.1, 0.15) is 5.75 Å². The highest BCUT2D eigenvalue weighted by molar-refractivity contribution is 5.80. The number of H-pyrrole nitrogens is 1. The third kappa shape index (κ3) is 2.67. The molecule has 0 bridgehead atoms. The molecule has 0 aliphatic carbocycles. The normalized spacial score (nSPS) is 11.3. The Morgan fingerprint density at radius 1 is 1.21 bits per heavy atom. The van der Waals surface area contributed by atoms with Gasteiger partial charge in [0.05, 0.1) is 13.3 Å². The fourth-order valence-corrected chi connectivity index (χ4v) is 2.24. The number of nitrogens with one attached hydrogen (secondary N) is 2. The van der Waals surface area contributed by atoms with Gasteiger partial charge in [-0.1, -0.05) is 0 Å². The summed E-state index contributed by atoms with van der Waals surface area (Å²) in [6.07, 6.45) is 1.60. The van der Waals surface area contributed by atoms with Crippen molar-refractivity contribution < 1.29 is 4.74 Å². The lowest BCUT2D eigenvalue weighted by Crippen LogP contribution is -2.36. The van der Waals surface area contributed by atoms with Gasteiger partial charge in [-0.2, -0.15) is 10.1 Å². The highest BCUT2D eigenvalue weighted by Gasteiger charge is 2.12. The minimum Gasteiger partial charge on any atom is -0.497 e. The van der Waals surface area contributed by atoms with Gasteiger partial charge in [0.25, 0.3) is 5.56 Å². The molecule has 0 atom stereocenters. The highest BCUT2D eigenvalue weighted by Crippen LogP contribution is 2.10. The van der Waals surface area contributed by atoms with Crippen molar-refractivity contribution in [2.75, 3.05) is 12.5 Å². The van der Waals surface area contributed by atoms with E-state index < -0.39 is 11.2 Å². The first kappa shape index (κ1) is 15.5. The Morgan fingerprint density at radius 2 is 1.92 bits per heavy atom. The van der Waals surface area contributed by atoms with Gasteiger partial charge >= 0.3 is 5.69 Å². The molecule has 0 aliphatic rings. The lowest BCUT2D eigenvalue weighted by Gasteiger charge is -2.00. The summed E-state index contributed by atoms with van der Waals surface area (Å²) in [5.41, 5.74) is 3.21. The van der Waals surface area contributed by atoms with E-state index in [1.165, 1.54) is 11.6 Å². The van der Waals surface area contributed by atoms with Crippen LogP contribution >= 0.6 is 0 Å². The molecular weight excluding hydrogens is 312 g/mol. The van der Waals surface area contributed by atoms with E-state index in [2.05, 4.69) is 20.5 Å². The average molecular weight is 328 g/mol. The van der Waals surface area contributed by atoms with Crippen molar-refractivity contribution in [3.05, 3.63) is 50.7 Å². The lowest BCUT2D eigenvalue weighted by molar-refractivity contribution is 0.415. The van der Waals surface area contributed by atoms with E-state index in [-0.39, 0.29) is 17.1 Å². The zero-order valence-electron chi connectivity index (χ0n) is 13.4. The number of anilines is 1. The number of rotatable bonds is 4.